The minimum Gasteiger partial charge on any atom is -0.340 e. The Hall–Kier alpha value is -3.06. The van der Waals surface area contributed by atoms with Crippen LogP contribution in [-0.2, 0) is 19.5 Å². The molecule has 1 aromatic carbocycles. The summed E-state index contributed by atoms with van der Waals surface area (Å²) in [7, 11) is 0. The summed E-state index contributed by atoms with van der Waals surface area (Å²) in [6, 6.07) is 11.8. The fourth-order valence-corrected chi connectivity index (χ4v) is 4.23. The van der Waals surface area contributed by atoms with Crippen LogP contribution in [0.3, 0.4) is 0 Å². The van der Waals surface area contributed by atoms with Crippen LogP contribution in [0.4, 0.5) is 0 Å². The maximum atomic E-state index is 12.8. The van der Waals surface area contributed by atoms with Gasteiger partial charge in [-0.2, -0.15) is 0 Å². The quantitative estimate of drug-likeness (QED) is 0.645. The Balaban J connectivity index is 1.50. The number of nitrogens with one attached hydrogen (secondary N) is 1. The normalized spacial score (nSPS) is 15.3. The zero-order valence-corrected chi connectivity index (χ0v) is 19.4. The van der Waals surface area contributed by atoms with Crippen LogP contribution >= 0.6 is 0 Å². The first-order valence-corrected chi connectivity index (χ1v) is 11.3. The van der Waals surface area contributed by atoms with Gasteiger partial charge in [0.15, 0.2) is 5.82 Å². The van der Waals surface area contributed by atoms with Crippen LogP contribution in [-0.4, -0.2) is 43.6 Å². The van der Waals surface area contributed by atoms with Crippen LogP contribution in [0.15, 0.2) is 42.6 Å². The Morgan fingerprint density at radius 3 is 2.69 bits per heavy atom. The van der Waals surface area contributed by atoms with Crippen molar-refractivity contribution < 1.29 is 4.79 Å². The van der Waals surface area contributed by atoms with Gasteiger partial charge in [0.25, 0.3) is 5.91 Å². The number of pyridine rings is 1. The molecule has 32 heavy (non-hydrogen) atoms. The van der Waals surface area contributed by atoms with Gasteiger partial charge in [-0.3, -0.25) is 14.7 Å². The summed E-state index contributed by atoms with van der Waals surface area (Å²) in [5, 5.41) is 12.1. The van der Waals surface area contributed by atoms with Crippen LogP contribution in [0, 0.1) is 19.8 Å². The molecule has 0 aliphatic carbocycles. The molecule has 1 unspecified atom stereocenters. The molecule has 1 atom stereocenters. The number of fused-ring (bicyclic) bond motifs is 1. The van der Waals surface area contributed by atoms with Crippen molar-refractivity contribution in [2.45, 2.75) is 53.2 Å². The highest BCUT2D eigenvalue weighted by Crippen LogP contribution is 2.23. The summed E-state index contributed by atoms with van der Waals surface area (Å²) in [6.45, 7) is 12.1. The topological polar surface area (TPSA) is 75.9 Å². The SMILES string of the molecule is Cc1ccc(C)c(CN2CCc3nnc(C(NC(=O)c4ccccn4)C(C)C)n3CC2)c1. The van der Waals surface area contributed by atoms with Gasteiger partial charge in [0.05, 0.1) is 6.04 Å². The lowest BCUT2D eigenvalue weighted by atomic mass is 10.0. The second-order valence-electron chi connectivity index (χ2n) is 8.99. The molecule has 0 saturated heterocycles. The number of rotatable bonds is 6. The summed E-state index contributed by atoms with van der Waals surface area (Å²) < 4.78 is 2.20. The average Bonchev–Trinajstić information content (AvgIpc) is 3.08. The molecule has 1 aliphatic rings. The first-order valence-electron chi connectivity index (χ1n) is 11.3. The van der Waals surface area contributed by atoms with Crippen molar-refractivity contribution in [3.8, 4) is 0 Å². The molecule has 0 spiro atoms. The average molecular weight is 433 g/mol. The lowest BCUT2D eigenvalue weighted by molar-refractivity contribution is 0.0916. The van der Waals surface area contributed by atoms with Crippen molar-refractivity contribution >= 4 is 5.91 Å². The molecule has 7 nitrogen and oxygen atoms in total. The smallest absolute Gasteiger partial charge is 0.270 e. The predicted molar refractivity (Wildman–Crippen MR) is 124 cm³/mol. The van der Waals surface area contributed by atoms with Crippen LogP contribution in [0.5, 0.6) is 0 Å². The summed E-state index contributed by atoms with van der Waals surface area (Å²) >= 11 is 0. The van der Waals surface area contributed by atoms with Crippen molar-refractivity contribution in [1.29, 1.82) is 0 Å². The van der Waals surface area contributed by atoms with E-state index in [4.69, 9.17) is 0 Å². The predicted octanol–water partition coefficient (Wildman–Crippen LogP) is 3.48. The van der Waals surface area contributed by atoms with Gasteiger partial charge in [-0.15, -0.1) is 10.2 Å². The molecule has 1 N–H and O–H groups in total. The molecular formula is C25H32N6O. The van der Waals surface area contributed by atoms with Gasteiger partial charge >= 0.3 is 0 Å². The number of benzene rings is 1. The molecule has 0 saturated carbocycles. The van der Waals surface area contributed by atoms with E-state index in [1.807, 2.05) is 6.07 Å². The molecule has 2 aromatic heterocycles. The number of hydrogen-bond acceptors (Lipinski definition) is 5. The van der Waals surface area contributed by atoms with E-state index in [0.29, 0.717) is 5.69 Å². The summed E-state index contributed by atoms with van der Waals surface area (Å²) in [4.78, 5) is 19.4. The molecule has 168 valence electrons. The maximum Gasteiger partial charge on any atom is 0.270 e. The number of carbonyl (C=O) groups is 1. The van der Waals surface area contributed by atoms with Gasteiger partial charge < -0.3 is 9.88 Å². The molecular weight excluding hydrogens is 400 g/mol. The molecule has 0 fully saturated rings. The number of hydrogen-bond donors (Lipinski definition) is 1. The minimum atomic E-state index is -0.226. The third-order valence-electron chi connectivity index (χ3n) is 6.18. The molecule has 7 heteroatoms. The zero-order chi connectivity index (χ0) is 22.7. The Morgan fingerprint density at radius 2 is 1.94 bits per heavy atom. The van der Waals surface area contributed by atoms with Crippen LogP contribution in [0.2, 0.25) is 0 Å². The van der Waals surface area contributed by atoms with E-state index in [9.17, 15) is 4.79 Å². The molecule has 1 amide bonds. The highest BCUT2D eigenvalue weighted by molar-refractivity contribution is 5.92. The summed E-state index contributed by atoms with van der Waals surface area (Å²) in [5.74, 6) is 1.80. The van der Waals surface area contributed by atoms with Crippen molar-refractivity contribution in [1.82, 2.24) is 30.0 Å². The highest BCUT2D eigenvalue weighted by atomic mass is 16.2. The third-order valence-corrected chi connectivity index (χ3v) is 6.18. The first-order chi connectivity index (χ1) is 15.4. The molecule has 0 bridgehead atoms. The molecule has 3 heterocycles. The lowest BCUT2D eigenvalue weighted by Gasteiger charge is -2.23. The monoisotopic (exact) mass is 432 g/mol. The highest BCUT2D eigenvalue weighted by Gasteiger charge is 2.28. The minimum absolute atomic E-state index is 0.172. The van der Waals surface area contributed by atoms with E-state index in [-0.39, 0.29) is 17.9 Å². The van der Waals surface area contributed by atoms with Gasteiger partial charge in [0.2, 0.25) is 0 Å². The Labute approximate surface area is 189 Å². The van der Waals surface area contributed by atoms with Crippen molar-refractivity contribution in [3.63, 3.8) is 0 Å². The molecule has 1 aliphatic heterocycles. The van der Waals surface area contributed by atoms with Crippen molar-refractivity contribution in [3.05, 3.63) is 76.6 Å². The van der Waals surface area contributed by atoms with Gasteiger partial charge in [-0.25, -0.2) is 0 Å². The van der Waals surface area contributed by atoms with Crippen molar-refractivity contribution in [2.75, 3.05) is 13.1 Å². The summed E-state index contributed by atoms with van der Waals surface area (Å²) in [6.07, 6.45) is 2.48. The van der Waals surface area contributed by atoms with Crippen LogP contribution in [0.25, 0.3) is 0 Å². The van der Waals surface area contributed by atoms with E-state index in [1.54, 1.807) is 18.3 Å². The second-order valence-corrected chi connectivity index (χ2v) is 8.99. The number of aromatic nitrogens is 4. The van der Waals surface area contributed by atoms with Gasteiger partial charge in [0, 0.05) is 38.8 Å². The van der Waals surface area contributed by atoms with Crippen molar-refractivity contribution in [2.24, 2.45) is 5.92 Å². The summed E-state index contributed by atoms with van der Waals surface area (Å²) in [5.41, 5.74) is 4.42. The van der Waals surface area contributed by atoms with Gasteiger partial charge in [0.1, 0.15) is 11.5 Å². The lowest BCUT2D eigenvalue weighted by Crippen LogP contribution is -2.34. The molecule has 3 aromatic rings. The number of aryl methyl sites for hydroxylation is 2. The Bertz CT molecular complexity index is 1080. The van der Waals surface area contributed by atoms with Gasteiger partial charge in [-0.1, -0.05) is 43.7 Å². The van der Waals surface area contributed by atoms with Crippen LogP contribution < -0.4 is 5.32 Å². The van der Waals surface area contributed by atoms with E-state index in [1.165, 1.54) is 16.7 Å². The standard InChI is InChI=1S/C25H32N6O/c1-17(2)23(27-25(32)21-7-5-6-11-26-21)24-29-28-22-10-12-30(13-14-31(22)24)16-20-15-18(3)8-9-19(20)4/h5-9,11,15,17,23H,10,12-14,16H2,1-4H3,(H,27,32). The molecule has 4 rings (SSSR count). The number of nitrogens with zero attached hydrogens (tertiary/aromatic N) is 5. The number of carbonyl (C=O) groups excluding carboxylic acids is 1. The Kier molecular flexibility index (Phi) is 6.65. The largest absolute Gasteiger partial charge is 0.340 e. The van der Waals surface area contributed by atoms with E-state index >= 15 is 0 Å². The Morgan fingerprint density at radius 1 is 1.09 bits per heavy atom. The van der Waals surface area contributed by atoms with Crippen LogP contribution in [0.1, 0.15) is 58.7 Å². The fourth-order valence-electron chi connectivity index (χ4n) is 4.23. The zero-order valence-electron chi connectivity index (χ0n) is 19.4. The maximum absolute atomic E-state index is 12.8. The molecule has 0 radical (unpaired) electrons. The second kappa shape index (κ2) is 9.61. The van der Waals surface area contributed by atoms with E-state index < -0.39 is 0 Å². The third kappa shape index (κ3) is 4.88. The fraction of sp³-hybridized carbons (Fsp3) is 0.440. The van der Waals surface area contributed by atoms with Gasteiger partial charge in [-0.05, 0) is 43.0 Å². The van der Waals surface area contributed by atoms with E-state index in [2.05, 4.69) is 75.9 Å². The van der Waals surface area contributed by atoms with E-state index in [0.717, 1.165) is 44.2 Å². The first kappa shape index (κ1) is 22.1. The number of amides is 1.